The highest BCUT2D eigenvalue weighted by molar-refractivity contribution is 7.91. The Hall–Kier alpha value is -1.47. The number of nitrogens with one attached hydrogen (secondary N) is 1. The third-order valence-electron chi connectivity index (χ3n) is 4.87. The summed E-state index contributed by atoms with van der Waals surface area (Å²) in [6.07, 6.45) is 4.53. The molecule has 7 heteroatoms. The van der Waals surface area contributed by atoms with Gasteiger partial charge in [0, 0.05) is 0 Å². The zero-order chi connectivity index (χ0) is 20.6. The largest absolute Gasteiger partial charge is 0.493 e. The first-order chi connectivity index (χ1) is 13.3. The molecule has 0 amide bonds. The molecule has 1 aromatic rings. The highest BCUT2D eigenvalue weighted by Gasteiger charge is 2.23. The number of halogens is 1. The molecule has 1 aliphatic carbocycles. The van der Waals surface area contributed by atoms with Crippen molar-refractivity contribution in [1.29, 1.82) is 0 Å². The fraction of sp³-hybridized carbons (Fsp3) is 0.667. The van der Waals surface area contributed by atoms with Crippen LogP contribution in [0, 0.1) is 11.7 Å². The molecule has 1 aliphatic rings. The zero-order valence-corrected chi connectivity index (χ0v) is 17.7. The molecular weight excluding hydrogens is 381 g/mol. The smallest absolute Gasteiger partial charge is 0.150 e. The van der Waals surface area contributed by atoms with E-state index in [9.17, 15) is 17.6 Å². The topological polar surface area (TPSA) is 72.5 Å². The lowest BCUT2D eigenvalue weighted by molar-refractivity contribution is -0.116. The van der Waals surface area contributed by atoms with E-state index < -0.39 is 21.6 Å². The number of hydrogen-bond donors (Lipinski definition) is 1. The van der Waals surface area contributed by atoms with Crippen LogP contribution in [0.25, 0.3) is 0 Å². The molecule has 2 rings (SSSR count). The summed E-state index contributed by atoms with van der Waals surface area (Å²) in [5.41, 5.74) is 0.394. The number of carbonyl (C=O) groups is 1. The Kier molecular flexibility index (Phi) is 8.89. The highest BCUT2D eigenvalue weighted by atomic mass is 32.2. The quantitative estimate of drug-likeness (QED) is 0.473. The number of rotatable bonds is 14. The Labute approximate surface area is 168 Å². The van der Waals surface area contributed by atoms with Crippen molar-refractivity contribution in [3.8, 4) is 5.75 Å². The van der Waals surface area contributed by atoms with E-state index in [-0.39, 0.29) is 17.3 Å². The van der Waals surface area contributed by atoms with Crippen LogP contribution in [0.1, 0.15) is 57.4 Å². The van der Waals surface area contributed by atoms with Crippen LogP contribution in [0.3, 0.4) is 0 Å². The third kappa shape index (κ3) is 8.69. The molecule has 5 nitrogen and oxygen atoms in total. The maximum absolute atomic E-state index is 14.2. The Balaban J connectivity index is 1.77. The number of hydrogen-bond acceptors (Lipinski definition) is 5. The van der Waals surface area contributed by atoms with Crippen LogP contribution in [0.4, 0.5) is 4.39 Å². The summed E-state index contributed by atoms with van der Waals surface area (Å²) in [5.74, 6) is 0.507. The van der Waals surface area contributed by atoms with Gasteiger partial charge in [0.25, 0.3) is 0 Å². The SMILES string of the molecule is CC(=O)CNCCCCCS(=O)(=O)C[C@@H](C)c1cc(OCC2CC2)ccc1F. The van der Waals surface area contributed by atoms with E-state index in [0.717, 1.165) is 12.8 Å². The van der Waals surface area contributed by atoms with Crippen molar-refractivity contribution in [2.75, 3.05) is 31.2 Å². The van der Waals surface area contributed by atoms with Gasteiger partial charge in [0.05, 0.1) is 24.7 Å². The predicted molar refractivity (Wildman–Crippen MR) is 109 cm³/mol. The van der Waals surface area contributed by atoms with Crippen LogP contribution < -0.4 is 10.1 Å². The fourth-order valence-corrected chi connectivity index (χ4v) is 4.81. The lowest BCUT2D eigenvalue weighted by Gasteiger charge is -2.15. The Morgan fingerprint density at radius 1 is 1.29 bits per heavy atom. The van der Waals surface area contributed by atoms with Gasteiger partial charge in [0.2, 0.25) is 0 Å². The van der Waals surface area contributed by atoms with Gasteiger partial charge in [0.15, 0.2) is 9.84 Å². The van der Waals surface area contributed by atoms with Gasteiger partial charge in [0.1, 0.15) is 17.3 Å². The van der Waals surface area contributed by atoms with Crippen molar-refractivity contribution >= 4 is 15.6 Å². The van der Waals surface area contributed by atoms with Gasteiger partial charge in [-0.3, -0.25) is 4.79 Å². The lowest BCUT2D eigenvalue weighted by Crippen LogP contribution is -2.22. The maximum atomic E-state index is 14.2. The van der Waals surface area contributed by atoms with Crippen LogP contribution in [-0.2, 0) is 14.6 Å². The Bertz CT molecular complexity index is 747. The standard InChI is InChI=1S/C21H32FNO4S/c1-16(15-28(25,26)11-5-3-4-10-23-13-17(2)24)20-12-19(8-9-21(20)22)27-14-18-6-7-18/h8-9,12,16,18,23H,3-7,10-11,13-15H2,1-2H3/t16-/m1/s1. The highest BCUT2D eigenvalue weighted by Crippen LogP contribution is 2.31. The molecule has 1 fully saturated rings. The molecule has 1 aromatic carbocycles. The van der Waals surface area contributed by atoms with E-state index in [4.69, 9.17) is 4.74 Å². The third-order valence-corrected chi connectivity index (χ3v) is 6.79. The summed E-state index contributed by atoms with van der Waals surface area (Å²) in [6.45, 7) is 4.96. The van der Waals surface area contributed by atoms with Crippen LogP contribution in [0.15, 0.2) is 18.2 Å². The minimum Gasteiger partial charge on any atom is -0.493 e. The molecule has 1 saturated carbocycles. The summed E-state index contributed by atoms with van der Waals surface area (Å²) in [5, 5.41) is 3.02. The van der Waals surface area contributed by atoms with E-state index in [1.54, 1.807) is 19.1 Å². The van der Waals surface area contributed by atoms with Crippen molar-refractivity contribution in [1.82, 2.24) is 5.32 Å². The molecule has 0 radical (unpaired) electrons. The van der Waals surface area contributed by atoms with Gasteiger partial charge < -0.3 is 10.1 Å². The Morgan fingerprint density at radius 3 is 2.71 bits per heavy atom. The maximum Gasteiger partial charge on any atom is 0.150 e. The van der Waals surface area contributed by atoms with Crippen molar-refractivity contribution in [2.24, 2.45) is 5.92 Å². The number of carbonyl (C=O) groups excluding carboxylic acids is 1. The second-order valence-electron chi connectivity index (χ2n) is 7.89. The van der Waals surface area contributed by atoms with Crippen molar-refractivity contribution in [2.45, 2.75) is 51.9 Å². The minimum atomic E-state index is -3.26. The van der Waals surface area contributed by atoms with Gasteiger partial charge in [-0.2, -0.15) is 0 Å². The number of ether oxygens (including phenoxy) is 1. The van der Waals surface area contributed by atoms with Gasteiger partial charge in [-0.15, -0.1) is 0 Å². The minimum absolute atomic E-state index is 0.0708. The molecule has 1 atom stereocenters. The second kappa shape index (κ2) is 10.9. The summed E-state index contributed by atoms with van der Waals surface area (Å²) < 4.78 is 44.7. The summed E-state index contributed by atoms with van der Waals surface area (Å²) in [7, 11) is -3.26. The molecule has 0 unspecified atom stereocenters. The molecule has 0 heterocycles. The molecule has 0 saturated heterocycles. The predicted octanol–water partition coefficient (Wildman–Crippen LogP) is 3.48. The summed E-state index contributed by atoms with van der Waals surface area (Å²) in [6, 6.07) is 4.59. The van der Waals surface area contributed by atoms with E-state index in [1.807, 2.05) is 0 Å². The number of unbranched alkanes of at least 4 members (excludes halogenated alkanes) is 2. The average Bonchev–Trinajstić information content (AvgIpc) is 3.43. The van der Waals surface area contributed by atoms with Gasteiger partial charge in [-0.25, -0.2) is 12.8 Å². The molecule has 0 aliphatic heterocycles. The van der Waals surface area contributed by atoms with Gasteiger partial charge in [-0.1, -0.05) is 13.3 Å². The molecule has 0 spiro atoms. The van der Waals surface area contributed by atoms with E-state index in [1.165, 1.54) is 25.8 Å². The monoisotopic (exact) mass is 413 g/mol. The number of ketones is 1. The second-order valence-corrected chi connectivity index (χ2v) is 10.1. The average molecular weight is 414 g/mol. The van der Waals surface area contributed by atoms with Crippen molar-refractivity contribution < 1.29 is 22.3 Å². The fourth-order valence-electron chi connectivity index (χ4n) is 3.06. The molecule has 1 N–H and O–H groups in total. The lowest BCUT2D eigenvalue weighted by atomic mass is 10.0. The molecular formula is C21H32FNO4S. The van der Waals surface area contributed by atoms with Crippen LogP contribution in [0.2, 0.25) is 0 Å². The number of benzene rings is 1. The van der Waals surface area contributed by atoms with Crippen molar-refractivity contribution in [3.05, 3.63) is 29.6 Å². The van der Waals surface area contributed by atoms with E-state index in [2.05, 4.69) is 5.32 Å². The summed E-state index contributed by atoms with van der Waals surface area (Å²) >= 11 is 0. The molecule has 0 aromatic heterocycles. The van der Waals surface area contributed by atoms with E-state index >= 15 is 0 Å². The van der Waals surface area contributed by atoms with E-state index in [0.29, 0.717) is 43.3 Å². The first kappa shape index (κ1) is 22.8. The van der Waals surface area contributed by atoms with Crippen LogP contribution in [0.5, 0.6) is 5.75 Å². The van der Waals surface area contributed by atoms with Crippen molar-refractivity contribution in [3.63, 3.8) is 0 Å². The van der Waals surface area contributed by atoms with Crippen LogP contribution >= 0.6 is 0 Å². The normalized spacial score (nSPS) is 15.4. The molecule has 0 bridgehead atoms. The Morgan fingerprint density at radius 2 is 2.04 bits per heavy atom. The number of Topliss-reactive ketones (excluding diaryl/α,β-unsaturated/α-hetero) is 1. The molecule has 28 heavy (non-hydrogen) atoms. The zero-order valence-electron chi connectivity index (χ0n) is 16.9. The first-order valence-electron chi connectivity index (χ1n) is 10.1. The number of sulfone groups is 1. The van der Waals surface area contributed by atoms with Crippen LogP contribution in [-0.4, -0.2) is 45.4 Å². The summed E-state index contributed by atoms with van der Waals surface area (Å²) in [4.78, 5) is 10.8. The van der Waals surface area contributed by atoms with Gasteiger partial charge >= 0.3 is 0 Å². The molecule has 158 valence electrons. The first-order valence-corrected chi connectivity index (χ1v) is 11.9. The van der Waals surface area contributed by atoms with Gasteiger partial charge in [-0.05, 0) is 74.8 Å².